The first-order valence-corrected chi connectivity index (χ1v) is 7.71. The Kier molecular flexibility index (Phi) is 5.76. The van der Waals surface area contributed by atoms with Crippen molar-refractivity contribution in [2.24, 2.45) is 11.7 Å². The number of carbonyl (C=O) groups excluding carboxylic acids is 1. The monoisotopic (exact) mass is 290 g/mol. The molecule has 1 heterocycles. The molecule has 1 aromatic carbocycles. The second-order valence-electron chi connectivity index (χ2n) is 6.02. The quantitative estimate of drug-likeness (QED) is 0.842. The number of benzene rings is 1. The summed E-state index contributed by atoms with van der Waals surface area (Å²) in [5.74, 6) is 0.390. The predicted octanol–water partition coefficient (Wildman–Crippen LogP) is 1.96. The molecule has 0 saturated carbocycles. The highest BCUT2D eigenvalue weighted by atomic mass is 16.5. The summed E-state index contributed by atoms with van der Waals surface area (Å²) < 4.78 is 4.78. The summed E-state index contributed by atoms with van der Waals surface area (Å²) in [5.41, 5.74) is 8.33. The van der Waals surface area contributed by atoms with E-state index in [0.29, 0.717) is 12.3 Å². The molecular weight excluding hydrogens is 264 g/mol. The minimum absolute atomic E-state index is 0.186. The van der Waals surface area contributed by atoms with Gasteiger partial charge in [0.15, 0.2) is 0 Å². The Labute approximate surface area is 127 Å². The third-order valence-corrected chi connectivity index (χ3v) is 4.36. The van der Waals surface area contributed by atoms with E-state index in [1.807, 2.05) is 18.2 Å². The molecule has 1 aromatic rings. The van der Waals surface area contributed by atoms with Gasteiger partial charge in [-0.2, -0.15) is 0 Å². The van der Waals surface area contributed by atoms with Crippen molar-refractivity contribution in [2.75, 3.05) is 20.2 Å². The number of likely N-dealkylation sites (tertiary alicyclic amines) is 1. The number of nitrogens with two attached hydrogens (primary N) is 1. The fraction of sp³-hybridized carbons (Fsp3) is 0.588. The van der Waals surface area contributed by atoms with Gasteiger partial charge in [0.1, 0.15) is 0 Å². The normalized spacial score (nSPS) is 21.0. The molecule has 1 aliphatic rings. The van der Waals surface area contributed by atoms with Gasteiger partial charge in [0.2, 0.25) is 0 Å². The zero-order valence-electron chi connectivity index (χ0n) is 13.0. The first-order valence-electron chi connectivity index (χ1n) is 7.71. The van der Waals surface area contributed by atoms with Gasteiger partial charge in [-0.05, 0) is 43.4 Å². The molecule has 0 spiro atoms. The molecule has 2 N–H and O–H groups in total. The molecule has 0 aromatic heterocycles. The molecule has 1 saturated heterocycles. The average Bonchev–Trinajstić information content (AvgIpc) is 2.49. The minimum atomic E-state index is -0.186. The Balaban J connectivity index is 2.03. The van der Waals surface area contributed by atoms with Crippen LogP contribution < -0.4 is 5.73 Å². The number of nitrogens with zero attached hydrogens (tertiary/aromatic N) is 1. The van der Waals surface area contributed by atoms with Crippen molar-refractivity contribution in [3.8, 4) is 0 Å². The Bertz CT molecular complexity index is 474. The number of methoxy groups -OCH3 is 1. The second kappa shape index (κ2) is 7.57. The van der Waals surface area contributed by atoms with Gasteiger partial charge in [-0.3, -0.25) is 9.69 Å². The molecule has 0 bridgehead atoms. The maximum absolute atomic E-state index is 11.5. The average molecular weight is 290 g/mol. The van der Waals surface area contributed by atoms with Crippen LogP contribution in [0, 0.1) is 5.92 Å². The van der Waals surface area contributed by atoms with Crippen LogP contribution in [0.25, 0.3) is 0 Å². The number of hydrogen-bond acceptors (Lipinski definition) is 4. The predicted molar refractivity (Wildman–Crippen MR) is 83.8 cm³/mol. The van der Waals surface area contributed by atoms with Gasteiger partial charge in [-0.15, -0.1) is 0 Å². The lowest BCUT2D eigenvalue weighted by molar-refractivity contribution is -0.139. The Morgan fingerprint density at radius 1 is 1.43 bits per heavy atom. The molecule has 1 aliphatic heterocycles. The van der Waals surface area contributed by atoms with E-state index in [0.717, 1.165) is 25.2 Å². The van der Waals surface area contributed by atoms with E-state index >= 15 is 0 Å². The Morgan fingerprint density at radius 3 is 2.81 bits per heavy atom. The number of esters is 1. The van der Waals surface area contributed by atoms with Crippen molar-refractivity contribution in [3.05, 3.63) is 35.4 Å². The van der Waals surface area contributed by atoms with E-state index in [9.17, 15) is 4.79 Å². The maximum atomic E-state index is 11.5. The van der Waals surface area contributed by atoms with Crippen LogP contribution in [-0.4, -0.2) is 37.1 Å². The first kappa shape index (κ1) is 16.0. The minimum Gasteiger partial charge on any atom is -0.469 e. The first-order chi connectivity index (χ1) is 10.1. The molecule has 21 heavy (non-hydrogen) atoms. The zero-order chi connectivity index (χ0) is 15.2. The van der Waals surface area contributed by atoms with E-state index < -0.39 is 0 Å². The lowest BCUT2D eigenvalue weighted by Crippen LogP contribution is -2.42. The van der Waals surface area contributed by atoms with Crippen molar-refractivity contribution in [1.82, 2.24) is 4.90 Å². The lowest BCUT2D eigenvalue weighted by atomic mass is 9.91. The molecule has 116 valence electrons. The van der Waals surface area contributed by atoms with Gasteiger partial charge in [-0.1, -0.05) is 24.3 Å². The van der Waals surface area contributed by atoms with Crippen LogP contribution in [-0.2, 0) is 22.5 Å². The van der Waals surface area contributed by atoms with E-state index in [2.05, 4.69) is 17.9 Å². The molecule has 0 amide bonds. The van der Waals surface area contributed by atoms with Gasteiger partial charge in [-0.25, -0.2) is 0 Å². The zero-order valence-corrected chi connectivity index (χ0v) is 13.0. The molecule has 2 unspecified atom stereocenters. The molecule has 2 rings (SSSR count). The molecular formula is C17H26N2O2. The van der Waals surface area contributed by atoms with Crippen LogP contribution >= 0.6 is 0 Å². The summed E-state index contributed by atoms with van der Waals surface area (Å²) in [7, 11) is 1.43. The van der Waals surface area contributed by atoms with E-state index in [-0.39, 0.29) is 12.0 Å². The summed E-state index contributed by atoms with van der Waals surface area (Å²) in [6.07, 6.45) is 2.76. The molecule has 4 heteroatoms. The third kappa shape index (κ3) is 4.55. The third-order valence-electron chi connectivity index (χ3n) is 4.36. The van der Waals surface area contributed by atoms with Crippen molar-refractivity contribution < 1.29 is 9.53 Å². The summed E-state index contributed by atoms with van der Waals surface area (Å²) >= 11 is 0. The maximum Gasteiger partial charge on any atom is 0.309 e. The summed E-state index contributed by atoms with van der Waals surface area (Å²) in [5, 5.41) is 0. The van der Waals surface area contributed by atoms with Gasteiger partial charge in [0, 0.05) is 19.1 Å². The lowest BCUT2D eigenvalue weighted by Gasteiger charge is -2.35. The van der Waals surface area contributed by atoms with Gasteiger partial charge >= 0.3 is 5.97 Å². The molecule has 2 atom stereocenters. The standard InChI is InChI=1S/C17H26N2O2/c1-13(18)15-8-5-9-19(11-15)12-16-7-4-3-6-14(16)10-17(20)21-2/h3-4,6-7,13,15H,5,8-12,18H2,1-2H3. The van der Waals surface area contributed by atoms with E-state index in [1.165, 1.54) is 25.5 Å². The number of hydrogen-bond donors (Lipinski definition) is 1. The highest BCUT2D eigenvalue weighted by Crippen LogP contribution is 2.22. The SMILES string of the molecule is COC(=O)Cc1ccccc1CN1CCCC(C(C)N)C1. The fourth-order valence-electron chi connectivity index (χ4n) is 3.02. The van der Waals surface area contributed by atoms with Gasteiger partial charge in [0.25, 0.3) is 0 Å². The molecule has 0 radical (unpaired) electrons. The number of piperidine rings is 1. The largest absolute Gasteiger partial charge is 0.469 e. The molecule has 4 nitrogen and oxygen atoms in total. The van der Waals surface area contributed by atoms with Crippen molar-refractivity contribution in [3.63, 3.8) is 0 Å². The van der Waals surface area contributed by atoms with E-state index in [4.69, 9.17) is 10.5 Å². The van der Waals surface area contributed by atoms with Crippen LogP contribution in [0.4, 0.5) is 0 Å². The fourth-order valence-corrected chi connectivity index (χ4v) is 3.02. The highest BCUT2D eigenvalue weighted by Gasteiger charge is 2.23. The van der Waals surface area contributed by atoms with E-state index in [1.54, 1.807) is 0 Å². The second-order valence-corrected chi connectivity index (χ2v) is 6.02. The summed E-state index contributed by atoms with van der Waals surface area (Å²) in [6, 6.07) is 8.37. The van der Waals surface area contributed by atoms with Gasteiger partial charge in [0.05, 0.1) is 13.5 Å². The number of ether oxygens (including phenoxy) is 1. The smallest absolute Gasteiger partial charge is 0.309 e. The van der Waals surface area contributed by atoms with Crippen LogP contribution in [0.5, 0.6) is 0 Å². The number of rotatable bonds is 5. The van der Waals surface area contributed by atoms with Crippen LogP contribution in [0.2, 0.25) is 0 Å². The molecule has 1 fully saturated rings. The van der Waals surface area contributed by atoms with Gasteiger partial charge < -0.3 is 10.5 Å². The Morgan fingerprint density at radius 2 is 2.14 bits per heavy atom. The van der Waals surface area contributed by atoms with Crippen LogP contribution in [0.3, 0.4) is 0 Å². The van der Waals surface area contributed by atoms with Crippen molar-refractivity contribution in [2.45, 2.75) is 38.8 Å². The van der Waals surface area contributed by atoms with Crippen LogP contribution in [0.1, 0.15) is 30.9 Å². The van der Waals surface area contributed by atoms with Crippen molar-refractivity contribution in [1.29, 1.82) is 0 Å². The topological polar surface area (TPSA) is 55.6 Å². The van der Waals surface area contributed by atoms with Crippen LogP contribution in [0.15, 0.2) is 24.3 Å². The summed E-state index contributed by atoms with van der Waals surface area (Å²) in [4.78, 5) is 14.0. The molecule has 0 aliphatic carbocycles. The number of carbonyl (C=O) groups is 1. The summed E-state index contributed by atoms with van der Waals surface area (Å²) in [6.45, 7) is 5.13. The highest BCUT2D eigenvalue weighted by molar-refractivity contribution is 5.72. The Hall–Kier alpha value is -1.39. The van der Waals surface area contributed by atoms with Crippen molar-refractivity contribution >= 4 is 5.97 Å².